The number of benzene rings is 2. The van der Waals surface area contributed by atoms with Gasteiger partial charge in [0.2, 0.25) is 21.8 Å². The Labute approximate surface area is 181 Å². The molecule has 8 nitrogen and oxygen atoms in total. The van der Waals surface area contributed by atoms with Gasteiger partial charge in [-0.3, -0.25) is 14.5 Å². The van der Waals surface area contributed by atoms with Crippen LogP contribution in [-0.4, -0.2) is 57.2 Å². The maximum atomic E-state index is 12.5. The summed E-state index contributed by atoms with van der Waals surface area (Å²) in [7, 11) is -0.432. The summed E-state index contributed by atoms with van der Waals surface area (Å²) in [6.07, 6.45) is 0. The van der Waals surface area contributed by atoms with Gasteiger partial charge in [0.1, 0.15) is 0 Å². The molecule has 0 spiro atoms. The predicted octanol–water partition coefficient (Wildman–Crippen LogP) is 2.08. The number of para-hydroxylation sites is 1. The summed E-state index contributed by atoms with van der Waals surface area (Å²) >= 11 is 6.02. The van der Waals surface area contributed by atoms with Gasteiger partial charge in [0.05, 0.1) is 28.7 Å². The molecule has 30 heavy (non-hydrogen) atoms. The van der Waals surface area contributed by atoms with Crippen molar-refractivity contribution < 1.29 is 18.0 Å². The predicted molar refractivity (Wildman–Crippen MR) is 117 cm³/mol. The van der Waals surface area contributed by atoms with E-state index >= 15 is 0 Å². The van der Waals surface area contributed by atoms with E-state index in [1.807, 2.05) is 6.92 Å². The van der Waals surface area contributed by atoms with Crippen LogP contribution in [0.4, 0.5) is 5.69 Å². The van der Waals surface area contributed by atoms with Crippen molar-refractivity contribution >= 4 is 39.1 Å². The molecule has 0 saturated heterocycles. The number of likely N-dealkylation sites (N-methyl/N-ethyl adjacent to an activating group) is 2. The summed E-state index contributed by atoms with van der Waals surface area (Å²) in [5.41, 5.74) is 1.32. The Morgan fingerprint density at radius 1 is 1.07 bits per heavy atom. The number of anilines is 1. The van der Waals surface area contributed by atoms with E-state index in [1.165, 1.54) is 17.0 Å². The average molecular weight is 453 g/mol. The molecule has 0 saturated carbocycles. The quantitative estimate of drug-likeness (QED) is 0.636. The van der Waals surface area contributed by atoms with Crippen molar-refractivity contribution in [3.63, 3.8) is 0 Å². The first-order valence-electron chi connectivity index (χ1n) is 9.10. The number of nitrogens with zero attached hydrogens (tertiary/aromatic N) is 2. The Hall–Kier alpha value is -2.46. The molecule has 2 amide bonds. The molecular weight excluding hydrogens is 428 g/mol. The maximum absolute atomic E-state index is 12.5. The molecule has 0 aromatic heterocycles. The largest absolute Gasteiger partial charge is 0.335 e. The Kier molecular flexibility index (Phi) is 7.96. The summed E-state index contributed by atoms with van der Waals surface area (Å²) in [5, 5.41) is 8.21. The molecule has 3 N–H and O–H groups in total. The van der Waals surface area contributed by atoms with Crippen LogP contribution in [0.15, 0.2) is 53.4 Å². The number of nitrogens with one attached hydrogen (secondary N) is 1. The van der Waals surface area contributed by atoms with E-state index in [9.17, 15) is 18.0 Å². The fraction of sp³-hybridized carbons (Fsp3) is 0.300. The van der Waals surface area contributed by atoms with Crippen molar-refractivity contribution in [3.05, 3.63) is 59.1 Å². The number of carbonyl (C=O) groups excluding carboxylic acids is 2. The Bertz CT molecular complexity index is 1010. The second-order valence-corrected chi connectivity index (χ2v) is 8.95. The zero-order chi connectivity index (χ0) is 22.5. The van der Waals surface area contributed by atoms with Gasteiger partial charge in [-0.25, -0.2) is 13.6 Å². The first-order valence-corrected chi connectivity index (χ1v) is 11.0. The number of carbonyl (C=O) groups is 2. The number of sulfonamides is 1. The van der Waals surface area contributed by atoms with E-state index in [4.69, 9.17) is 16.7 Å². The van der Waals surface area contributed by atoms with Crippen molar-refractivity contribution in [1.29, 1.82) is 0 Å². The third kappa shape index (κ3) is 6.53. The van der Waals surface area contributed by atoms with Gasteiger partial charge in [-0.15, -0.1) is 0 Å². The van der Waals surface area contributed by atoms with Gasteiger partial charge in [-0.1, -0.05) is 35.9 Å². The third-order valence-corrected chi connectivity index (χ3v) is 5.95. The van der Waals surface area contributed by atoms with Crippen molar-refractivity contribution in [3.8, 4) is 0 Å². The lowest BCUT2D eigenvalue weighted by atomic mass is 10.1. The van der Waals surface area contributed by atoms with Gasteiger partial charge in [-0.05, 0) is 43.8 Å². The standard InChI is InChI=1S/C20H25ClN4O4S/c1-14(15-8-10-16(11-9-15)30(22,28)29)24(2)13-20(27)25(3)12-19(26)23-18-7-5-4-6-17(18)21/h4-11,14H,12-13H2,1-3H3,(H,23,26)(H2,22,28,29)/t14-/m1/s1. The summed E-state index contributed by atoms with van der Waals surface area (Å²) in [4.78, 5) is 27.9. The summed E-state index contributed by atoms with van der Waals surface area (Å²) < 4.78 is 22.7. The molecule has 0 fully saturated rings. The molecule has 0 bridgehead atoms. The van der Waals surface area contributed by atoms with E-state index in [1.54, 1.807) is 55.4 Å². The van der Waals surface area contributed by atoms with Crippen molar-refractivity contribution in [2.24, 2.45) is 5.14 Å². The van der Waals surface area contributed by atoms with Crippen molar-refractivity contribution in [2.75, 3.05) is 32.5 Å². The van der Waals surface area contributed by atoms with Crippen molar-refractivity contribution in [2.45, 2.75) is 17.9 Å². The lowest BCUT2D eigenvalue weighted by Gasteiger charge is -2.27. The van der Waals surface area contributed by atoms with Crippen LogP contribution in [0.5, 0.6) is 0 Å². The highest BCUT2D eigenvalue weighted by molar-refractivity contribution is 7.89. The summed E-state index contributed by atoms with van der Waals surface area (Å²) in [6.45, 7) is 1.85. The van der Waals surface area contributed by atoms with E-state index in [0.717, 1.165) is 5.56 Å². The highest BCUT2D eigenvalue weighted by Gasteiger charge is 2.20. The molecule has 162 valence electrons. The first-order chi connectivity index (χ1) is 14.0. The number of amides is 2. The molecule has 0 aliphatic carbocycles. The second kappa shape index (κ2) is 10.0. The van der Waals surface area contributed by atoms with E-state index in [2.05, 4.69) is 5.32 Å². The first kappa shape index (κ1) is 23.8. The SMILES string of the molecule is C[C@H](c1ccc(S(N)(=O)=O)cc1)N(C)CC(=O)N(C)CC(=O)Nc1ccccc1Cl. The maximum Gasteiger partial charge on any atom is 0.244 e. The molecule has 2 aromatic rings. The molecular formula is C20H25ClN4O4S. The molecule has 1 atom stereocenters. The summed E-state index contributed by atoms with van der Waals surface area (Å²) in [6, 6.07) is 12.9. The normalized spacial score (nSPS) is 12.5. The van der Waals surface area contributed by atoms with Crippen LogP contribution in [0.2, 0.25) is 5.02 Å². The number of primary sulfonamides is 1. The minimum Gasteiger partial charge on any atom is -0.335 e. The average Bonchev–Trinajstić information content (AvgIpc) is 2.68. The molecule has 0 heterocycles. The highest BCUT2D eigenvalue weighted by Crippen LogP contribution is 2.21. The van der Waals surface area contributed by atoms with Crippen LogP contribution in [0.1, 0.15) is 18.5 Å². The molecule has 2 aromatic carbocycles. The lowest BCUT2D eigenvalue weighted by Crippen LogP contribution is -2.41. The zero-order valence-corrected chi connectivity index (χ0v) is 18.6. The smallest absolute Gasteiger partial charge is 0.244 e. The number of halogens is 1. The third-order valence-electron chi connectivity index (χ3n) is 4.69. The fourth-order valence-corrected chi connectivity index (χ4v) is 3.42. The van der Waals surface area contributed by atoms with Crippen LogP contribution in [0.25, 0.3) is 0 Å². The number of hydrogen-bond acceptors (Lipinski definition) is 5. The Balaban J connectivity index is 1.92. The van der Waals surface area contributed by atoms with Gasteiger partial charge >= 0.3 is 0 Å². The highest BCUT2D eigenvalue weighted by atomic mass is 35.5. The van der Waals surface area contributed by atoms with E-state index in [0.29, 0.717) is 10.7 Å². The number of rotatable bonds is 8. The molecule has 0 aliphatic rings. The minimum absolute atomic E-state index is 0.0291. The van der Waals surface area contributed by atoms with Gasteiger partial charge in [0.25, 0.3) is 0 Å². The van der Waals surface area contributed by atoms with Gasteiger partial charge < -0.3 is 10.2 Å². The van der Waals surface area contributed by atoms with Crippen molar-refractivity contribution in [1.82, 2.24) is 9.80 Å². The van der Waals surface area contributed by atoms with Crippen LogP contribution in [0, 0.1) is 0 Å². The number of hydrogen-bond donors (Lipinski definition) is 2. The topological polar surface area (TPSA) is 113 Å². The molecule has 0 unspecified atom stereocenters. The molecule has 0 radical (unpaired) electrons. The lowest BCUT2D eigenvalue weighted by molar-refractivity contribution is -0.134. The monoisotopic (exact) mass is 452 g/mol. The molecule has 2 rings (SSSR count). The minimum atomic E-state index is -3.75. The Morgan fingerprint density at radius 3 is 2.23 bits per heavy atom. The van der Waals surface area contributed by atoms with Gasteiger partial charge in [0.15, 0.2) is 0 Å². The Morgan fingerprint density at radius 2 is 1.67 bits per heavy atom. The zero-order valence-electron chi connectivity index (χ0n) is 17.0. The van der Waals surface area contributed by atoms with E-state index < -0.39 is 10.0 Å². The van der Waals surface area contributed by atoms with Crippen LogP contribution in [-0.2, 0) is 19.6 Å². The second-order valence-electron chi connectivity index (χ2n) is 6.98. The molecule has 10 heteroatoms. The van der Waals surface area contributed by atoms with E-state index in [-0.39, 0.29) is 35.8 Å². The van der Waals surface area contributed by atoms with Crippen LogP contribution < -0.4 is 10.5 Å². The van der Waals surface area contributed by atoms with Gasteiger partial charge in [0, 0.05) is 13.1 Å². The van der Waals surface area contributed by atoms with Crippen LogP contribution in [0.3, 0.4) is 0 Å². The number of nitrogens with two attached hydrogens (primary N) is 1. The van der Waals surface area contributed by atoms with Crippen LogP contribution >= 0.6 is 11.6 Å². The van der Waals surface area contributed by atoms with Gasteiger partial charge in [-0.2, -0.15) is 0 Å². The fourth-order valence-electron chi connectivity index (χ4n) is 2.72. The molecule has 0 aliphatic heterocycles. The summed E-state index contributed by atoms with van der Waals surface area (Å²) in [5.74, 6) is -0.590.